The molecule has 1 heterocycles. The lowest BCUT2D eigenvalue weighted by atomic mass is 9.89. The number of carbonyl (C=O) groups is 1. The van der Waals surface area contributed by atoms with Gasteiger partial charge < -0.3 is 10.1 Å². The van der Waals surface area contributed by atoms with Crippen LogP contribution in [0.2, 0.25) is 0 Å². The van der Waals surface area contributed by atoms with Crippen LogP contribution in [-0.2, 0) is 9.53 Å². The molecule has 0 bridgehead atoms. The zero-order chi connectivity index (χ0) is 13.1. The second-order valence-electron chi connectivity index (χ2n) is 4.66. The van der Waals surface area contributed by atoms with Gasteiger partial charge in [0.15, 0.2) is 0 Å². The summed E-state index contributed by atoms with van der Waals surface area (Å²) < 4.78 is 30.6. The van der Waals surface area contributed by atoms with E-state index in [1.165, 1.54) is 0 Å². The molecule has 1 fully saturated rings. The van der Waals surface area contributed by atoms with Crippen LogP contribution in [0.15, 0.2) is 0 Å². The second-order valence-corrected chi connectivity index (χ2v) is 4.66. The minimum Gasteiger partial charge on any atom is -0.456 e. The largest absolute Gasteiger partial charge is 0.456 e. The molecule has 1 atom stereocenters. The van der Waals surface area contributed by atoms with Gasteiger partial charge in [0.25, 0.3) is 0 Å². The maximum Gasteiger partial charge on any atom is 0.377 e. The highest BCUT2D eigenvalue weighted by atomic mass is 19.3. The van der Waals surface area contributed by atoms with Crippen molar-refractivity contribution in [2.75, 3.05) is 6.54 Å². The summed E-state index contributed by atoms with van der Waals surface area (Å²) in [6, 6.07) is 0. The number of hydrogen-bond acceptors (Lipinski definition) is 3. The molecule has 0 spiro atoms. The number of ether oxygens (including phenoxy) is 1. The highest BCUT2D eigenvalue weighted by molar-refractivity contribution is 5.79. The van der Waals surface area contributed by atoms with E-state index in [0.29, 0.717) is 6.54 Å². The molecule has 1 unspecified atom stereocenters. The van der Waals surface area contributed by atoms with Crippen molar-refractivity contribution in [2.24, 2.45) is 0 Å². The van der Waals surface area contributed by atoms with Gasteiger partial charge in [-0.2, -0.15) is 8.78 Å². The summed E-state index contributed by atoms with van der Waals surface area (Å²) >= 11 is 0. The van der Waals surface area contributed by atoms with E-state index in [4.69, 9.17) is 0 Å². The molecule has 0 aromatic rings. The smallest absolute Gasteiger partial charge is 0.377 e. The average molecular weight is 249 g/mol. The van der Waals surface area contributed by atoms with Crippen molar-refractivity contribution in [1.82, 2.24) is 5.32 Å². The first-order valence-electron chi connectivity index (χ1n) is 6.23. The Morgan fingerprint density at radius 3 is 2.24 bits per heavy atom. The molecule has 0 saturated carbocycles. The van der Waals surface area contributed by atoms with Crippen LogP contribution in [-0.4, -0.2) is 30.1 Å². The number of esters is 1. The lowest BCUT2D eigenvalue weighted by Gasteiger charge is -2.32. The normalized spacial score (nSPS) is 23.8. The molecule has 1 saturated heterocycles. The third kappa shape index (κ3) is 3.15. The highest BCUT2D eigenvalue weighted by Crippen LogP contribution is 2.31. The topological polar surface area (TPSA) is 38.3 Å². The van der Waals surface area contributed by atoms with Gasteiger partial charge in [-0.1, -0.05) is 20.8 Å². The zero-order valence-electron chi connectivity index (χ0n) is 10.7. The second kappa shape index (κ2) is 5.29. The highest BCUT2D eigenvalue weighted by Gasteiger charge is 2.50. The van der Waals surface area contributed by atoms with Gasteiger partial charge in [0.05, 0.1) is 6.42 Å². The van der Waals surface area contributed by atoms with Crippen LogP contribution in [0.5, 0.6) is 0 Å². The molecule has 0 aromatic carbocycles. The molecule has 3 nitrogen and oxygen atoms in total. The van der Waals surface area contributed by atoms with Crippen LogP contribution >= 0.6 is 0 Å². The van der Waals surface area contributed by atoms with Crippen LogP contribution in [0.4, 0.5) is 8.78 Å². The predicted molar refractivity (Wildman–Crippen MR) is 61.1 cm³/mol. The first-order chi connectivity index (χ1) is 7.89. The first kappa shape index (κ1) is 14.4. The molecule has 0 aromatic heterocycles. The van der Waals surface area contributed by atoms with Crippen molar-refractivity contribution in [3.63, 3.8) is 0 Å². The van der Waals surface area contributed by atoms with E-state index in [1.54, 1.807) is 0 Å². The van der Waals surface area contributed by atoms with Crippen LogP contribution in [0.3, 0.4) is 0 Å². The fourth-order valence-corrected chi connectivity index (χ4v) is 2.22. The number of alkyl halides is 2. The Kier molecular flexibility index (Phi) is 4.47. The Hall–Kier alpha value is -0.710. The Bertz CT molecular complexity index is 269. The molecule has 1 aliphatic rings. The summed E-state index contributed by atoms with van der Waals surface area (Å²) in [7, 11) is 0. The maximum atomic E-state index is 13.0. The van der Waals surface area contributed by atoms with E-state index in [2.05, 4.69) is 30.8 Å². The SMILES string of the molecule is CCC(CC)(CC)NCC1CC(F)(F)C(=O)O1. The third-order valence-corrected chi connectivity index (χ3v) is 3.79. The maximum absolute atomic E-state index is 13.0. The summed E-state index contributed by atoms with van der Waals surface area (Å²) in [4.78, 5) is 10.8. The third-order valence-electron chi connectivity index (χ3n) is 3.79. The van der Waals surface area contributed by atoms with Gasteiger partial charge in [-0.05, 0) is 19.3 Å². The van der Waals surface area contributed by atoms with Crippen LogP contribution in [0, 0.1) is 0 Å². The molecular weight excluding hydrogens is 228 g/mol. The van der Waals surface area contributed by atoms with Gasteiger partial charge in [-0.15, -0.1) is 0 Å². The quantitative estimate of drug-likeness (QED) is 0.735. The molecule has 0 amide bonds. The molecule has 1 rings (SSSR count). The Morgan fingerprint density at radius 2 is 1.88 bits per heavy atom. The molecule has 1 aliphatic heterocycles. The zero-order valence-corrected chi connectivity index (χ0v) is 10.7. The van der Waals surface area contributed by atoms with Crippen molar-refractivity contribution in [3.8, 4) is 0 Å². The minimum atomic E-state index is -3.31. The summed E-state index contributed by atoms with van der Waals surface area (Å²) in [5.74, 6) is -4.70. The lowest BCUT2D eigenvalue weighted by Crippen LogP contribution is -2.47. The number of rotatable bonds is 6. The number of carbonyl (C=O) groups excluding carboxylic acids is 1. The average Bonchev–Trinajstić information content (AvgIpc) is 2.56. The molecule has 5 heteroatoms. The first-order valence-corrected chi connectivity index (χ1v) is 6.23. The molecular formula is C12H21F2NO2. The van der Waals surface area contributed by atoms with Crippen molar-refractivity contribution >= 4 is 5.97 Å². The molecule has 100 valence electrons. The molecule has 17 heavy (non-hydrogen) atoms. The Balaban J connectivity index is 2.49. The van der Waals surface area contributed by atoms with Gasteiger partial charge in [0, 0.05) is 12.1 Å². The molecule has 0 radical (unpaired) electrons. The van der Waals surface area contributed by atoms with Gasteiger partial charge in [-0.3, -0.25) is 0 Å². The molecule has 1 N–H and O–H groups in total. The Labute approximate surface area is 101 Å². The number of halogens is 2. The fraction of sp³-hybridized carbons (Fsp3) is 0.917. The van der Waals surface area contributed by atoms with Gasteiger partial charge in [-0.25, -0.2) is 4.79 Å². The fourth-order valence-electron chi connectivity index (χ4n) is 2.22. The standard InChI is InChI=1S/C12H21F2NO2/c1-4-11(5-2,6-3)15-8-9-7-12(13,14)10(16)17-9/h9,15H,4-8H2,1-3H3. The van der Waals surface area contributed by atoms with E-state index >= 15 is 0 Å². The number of hydrogen-bond donors (Lipinski definition) is 1. The minimum absolute atomic E-state index is 0.0374. The van der Waals surface area contributed by atoms with Crippen molar-refractivity contribution in [3.05, 3.63) is 0 Å². The van der Waals surface area contributed by atoms with E-state index in [0.717, 1.165) is 19.3 Å². The van der Waals surface area contributed by atoms with E-state index in [1.807, 2.05) is 0 Å². The van der Waals surface area contributed by atoms with Crippen molar-refractivity contribution in [2.45, 2.75) is 64.0 Å². The van der Waals surface area contributed by atoms with Crippen LogP contribution in [0.1, 0.15) is 46.5 Å². The van der Waals surface area contributed by atoms with E-state index < -0.39 is 24.4 Å². The summed E-state index contributed by atoms with van der Waals surface area (Å²) in [6.07, 6.45) is 1.57. The number of cyclic esters (lactones) is 1. The van der Waals surface area contributed by atoms with E-state index in [9.17, 15) is 13.6 Å². The van der Waals surface area contributed by atoms with Gasteiger partial charge >= 0.3 is 11.9 Å². The predicted octanol–water partition coefficient (Wildman–Crippen LogP) is 2.50. The van der Waals surface area contributed by atoms with E-state index in [-0.39, 0.29) is 5.54 Å². The van der Waals surface area contributed by atoms with Gasteiger partial charge in [0.2, 0.25) is 0 Å². The molecule has 0 aliphatic carbocycles. The van der Waals surface area contributed by atoms with Crippen LogP contribution in [0.25, 0.3) is 0 Å². The lowest BCUT2D eigenvalue weighted by molar-refractivity contribution is -0.159. The van der Waals surface area contributed by atoms with Crippen molar-refractivity contribution < 1.29 is 18.3 Å². The van der Waals surface area contributed by atoms with Crippen LogP contribution < -0.4 is 5.32 Å². The monoisotopic (exact) mass is 249 g/mol. The summed E-state index contributed by atoms with van der Waals surface area (Å²) in [5.41, 5.74) is -0.0374. The van der Waals surface area contributed by atoms with Crippen molar-refractivity contribution in [1.29, 1.82) is 0 Å². The Morgan fingerprint density at radius 1 is 1.35 bits per heavy atom. The number of nitrogens with one attached hydrogen (secondary N) is 1. The summed E-state index contributed by atoms with van der Waals surface area (Å²) in [5, 5.41) is 3.27. The summed E-state index contributed by atoms with van der Waals surface area (Å²) in [6.45, 7) is 6.50. The van der Waals surface area contributed by atoms with Gasteiger partial charge in [0.1, 0.15) is 6.10 Å².